The number of carbonyl (C=O) groups excluding carboxylic acids is 2. The molecule has 2 aromatic carbocycles. The first-order valence-corrected chi connectivity index (χ1v) is 9.56. The number of methoxy groups -OCH3 is 2. The van der Waals surface area contributed by atoms with Crippen LogP contribution in [0.1, 0.15) is 54.1 Å². The Labute approximate surface area is 166 Å². The molecule has 0 fully saturated rings. The Hall–Kier alpha value is -2.82. The molecule has 0 radical (unpaired) electrons. The van der Waals surface area contributed by atoms with Gasteiger partial charge in [0, 0.05) is 18.9 Å². The Morgan fingerprint density at radius 1 is 1.00 bits per heavy atom. The van der Waals surface area contributed by atoms with E-state index in [1.165, 1.54) is 14.2 Å². The van der Waals surface area contributed by atoms with Crippen LogP contribution in [-0.2, 0) is 22.6 Å². The maximum atomic E-state index is 12.4. The van der Waals surface area contributed by atoms with Gasteiger partial charge in [0.05, 0.1) is 14.2 Å². The van der Waals surface area contributed by atoms with Crippen LogP contribution in [0.2, 0.25) is 0 Å². The highest BCUT2D eigenvalue weighted by atomic mass is 16.5. The Morgan fingerprint density at radius 3 is 2.39 bits per heavy atom. The summed E-state index contributed by atoms with van der Waals surface area (Å²) in [5, 5.41) is 0. The number of ether oxygens (including phenoxy) is 3. The minimum atomic E-state index is -0.525. The molecule has 5 heteroatoms. The maximum absolute atomic E-state index is 12.4. The molecule has 0 saturated heterocycles. The summed E-state index contributed by atoms with van der Waals surface area (Å²) >= 11 is 0. The highest BCUT2D eigenvalue weighted by Gasteiger charge is 2.21. The quantitative estimate of drug-likeness (QED) is 0.413. The van der Waals surface area contributed by atoms with Crippen molar-refractivity contribution in [3.8, 4) is 11.5 Å². The second-order valence-corrected chi connectivity index (χ2v) is 6.60. The zero-order chi connectivity index (χ0) is 20.4. The predicted molar refractivity (Wildman–Crippen MR) is 108 cm³/mol. The summed E-state index contributed by atoms with van der Waals surface area (Å²) in [6.07, 6.45) is 3.56. The van der Waals surface area contributed by atoms with Crippen molar-refractivity contribution in [2.75, 3.05) is 14.2 Å². The number of rotatable bonds is 11. The number of carbonyl (C=O) groups is 2. The van der Waals surface area contributed by atoms with Gasteiger partial charge in [0.2, 0.25) is 0 Å². The Balaban J connectivity index is 2.26. The number of unbranched alkanes of at least 4 members (excludes halogenated alkanes) is 2. The second-order valence-electron chi connectivity index (χ2n) is 6.60. The van der Waals surface area contributed by atoms with Gasteiger partial charge in [-0.3, -0.25) is 4.79 Å². The van der Waals surface area contributed by atoms with Gasteiger partial charge in [-0.2, -0.15) is 0 Å². The van der Waals surface area contributed by atoms with E-state index in [-0.39, 0.29) is 17.8 Å². The number of ketones is 1. The van der Waals surface area contributed by atoms with Crippen molar-refractivity contribution < 1.29 is 23.8 Å². The average molecular weight is 384 g/mol. The second kappa shape index (κ2) is 11.1. The summed E-state index contributed by atoms with van der Waals surface area (Å²) in [5.41, 5.74) is 1.87. The summed E-state index contributed by atoms with van der Waals surface area (Å²) in [5.74, 6) is 0.446. The van der Waals surface area contributed by atoms with Crippen LogP contribution in [0.15, 0.2) is 42.5 Å². The fourth-order valence-electron chi connectivity index (χ4n) is 2.98. The number of esters is 1. The van der Waals surface area contributed by atoms with E-state index in [1.807, 2.05) is 30.3 Å². The molecule has 0 saturated carbocycles. The highest BCUT2D eigenvalue weighted by Crippen LogP contribution is 2.31. The van der Waals surface area contributed by atoms with Crippen LogP contribution < -0.4 is 9.47 Å². The van der Waals surface area contributed by atoms with Crippen molar-refractivity contribution in [2.45, 2.75) is 45.6 Å². The fourth-order valence-corrected chi connectivity index (χ4v) is 2.98. The summed E-state index contributed by atoms with van der Waals surface area (Å²) < 4.78 is 16.2. The van der Waals surface area contributed by atoms with Crippen LogP contribution in [0.5, 0.6) is 11.5 Å². The van der Waals surface area contributed by atoms with Gasteiger partial charge in [0.1, 0.15) is 29.5 Å². The van der Waals surface area contributed by atoms with Crippen LogP contribution in [0.25, 0.3) is 0 Å². The lowest BCUT2D eigenvalue weighted by Crippen LogP contribution is -2.12. The molecule has 0 aromatic heterocycles. The molecule has 0 aliphatic carbocycles. The lowest BCUT2D eigenvalue weighted by molar-refractivity contribution is -0.118. The zero-order valence-corrected chi connectivity index (χ0v) is 16.8. The molecule has 0 spiro atoms. The van der Waals surface area contributed by atoms with Gasteiger partial charge in [-0.1, -0.05) is 50.1 Å². The Kier molecular flexibility index (Phi) is 8.53. The van der Waals surface area contributed by atoms with Gasteiger partial charge < -0.3 is 14.2 Å². The predicted octanol–water partition coefficient (Wildman–Crippen LogP) is 4.75. The van der Waals surface area contributed by atoms with Crippen LogP contribution in [0, 0.1) is 0 Å². The van der Waals surface area contributed by atoms with Crippen LogP contribution in [0.4, 0.5) is 0 Å². The fraction of sp³-hybridized carbons (Fsp3) is 0.391. The lowest BCUT2D eigenvalue weighted by atomic mass is 9.98. The first kappa shape index (κ1) is 21.5. The van der Waals surface area contributed by atoms with E-state index >= 15 is 0 Å². The number of Topliss-reactive ketones (excluding diaryl/α,β-unsaturated/α-hetero) is 1. The smallest absolute Gasteiger partial charge is 0.341 e. The van der Waals surface area contributed by atoms with E-state index in [0.29, 0.717) is 30.1 Å². The standard InChI is InChI=1S/C23H28O5/c1-4-5-7-12-19(24)13-18-14-20(28-16-17-10-8-6-9-11-17)15-21(26-2)22(18)23(25)27-3/h6,8-11,14-15H,4-5,7,12-13,16H2,1-3H3. The van der Waals surface area contributed by atoms with E-state index < -0.39 is 5.97 Å². The molecule has 2 rings (SSSR count). The topological polar surface area (TPSA) is 61.8 Å². The van der Waals surface area contributed by atoms with E-state index in [9.17, 15) is 9.59 Å². The third-order valence-electron chi connectivity index (χ3n) is 4.46. The molecule has 0 amide bonds. The highest BCUT2D eigenvalue weighted by molar-refractivity contribution is 5.96. The van der Waals surface area contributed by atoms with Crippen LogP contribution in [0.3, 0.4) is 0 Å². The van der Waals surface area contributed by atoms with Crippen molar-refractivity contribution in [1.82, 2.24) is 0 Å². The van der Waals surface area contributed by atoms with Crippen molar-refractivity contribution in [2.24, 2.45) is 0 Å². The van der Waals surface area contributed by atoms with Crippen molar-refractivity contribution in [3.63, 3.8) is 0 Å². The molecular formula is C23H28O5. The zero-order valence-electron chi connectivity index (χ0n) is 16.8. The summed E-state index contributed by atoms with van der Waals surface area (Å²) in [6, 6.07) is 13.2. The molecule has 0 atom stereocenters. The van der Waals surface area contributed by atoms with Crippen molar-refractivity contribution in [3.05, 3.63) is 59.2 Å². The van der Waals surface area contributed by atoms with E-state index in [2.05, 4.69) is 6.92 Å². The lowest BCUT2D eigenvalue weighted by Gasteiger charge is -2.15. The molecular weight excluding hydrogens is 356 g/mol. The van der Waals surface area contributed by atoms with Crippen LogP contribution in [-0.4, -0.2) is 26.0 Å². The molecule has 0 unspecified atom stereocenters. The minimum absolute atomic E-state index is 0.0841. The monoisotopic (exact) mass is 384 g/mol. The average Bonchev–Trinajstić information content (AvgIpc) is 2.72. The largest absolute Gasteiger partial charge is 0.496 e. The third kappa shape index (κ3) is 6.12. The Bertz CT molecular complexity index is 783. The van der Waals surface area contributed by atoms with E-state index in [1.54, 1.807) is 12.1 Å². The summed E-state index contributed by atoms with van der Waals surface area (Å²) in [4.78, 5) is 24.7. The summed E-state index contributed by atoms with van der Waals surface area (Å²) in [7, 11) is 2.80. The SMILES string of the molecule is CCCCCC(=O)Cc1cc(OCc2ccccc2)cc(OC)c1C(=O)OC. The van der Waals surface area contributed by atoms with Gasteiger partial charge in [-0.15, -0.1) is 0 Å². The minimum Gasteiger partial charge on any atom is -0.496 e. The molecule has 0 aliphatic rings. The Morgan fingerprint density at radius 2 is 1.75 bits per heavy atom. The first-order valence-electron chi connectivity index (χ1n) is 9.56. The number of hydrogen-bond acceptors (Lipinski definition) is 5. The first-order chi connectivity index (χ1) is 13.6. The molecule has 0 aliphatic heterocycles. The molecule has 0 heterocycles. The van der Waals surface area contributed by atoms with E-state index in [4.69, 9.17) is 14.2 Å². The molecule has 150 valence electrons. The number of hydrogen-bond donors (Lipinski definition) is 0. The maximum Gasteiger partial charge on any atom is 0.341 e. The molecule has 5 nitrogen and oxygen atoms in total. The van der Waals surface area contributed by atoms with E-state index in [0.717, 1.165) is 24.8 Å². The van der Waals surface area contributed by atoms with Gasteiger partial charge >= 0.3 is 5.97 Å². The normalized spacial score (nSPS) is 10.4. The van der Waals surface area contributed by atoms with Gasteiger partial charge in [-0.05, 0) is 23.6 Å². The molecule has 2 aromatic rings. The van der Waals surface area contributed by atoms with Crippen LogP contribution >= 0.6 is 0 Å². The van der Waals surface area contributed by atoms with Gasteiger partial charge in [0.25, 0.3) is 0 Å². The molecule has 0 bridgehead atoms. The van der Waals surface area contributed by atoms with Gasteiger partial charge in [0.15, 0.2) is 0 Å². The molecule has 0 N–H and O–H groups in total. The third-order valence-corrected chi connectivity index (χ3v) is 4.46. The molecule has 28 heavy (non-hydrogen) atoms. The number of benzene rings is 2. The summed E-state index contributed by atoms with van der Waals surface area (Å²) in [6.45, 7) is 2.48. The van der Waals surface area contributed by atoms with Gasteiger partial charge in [-0.25, -0.2) is 4.79 Å². The van der Waals surface area contributed by atoms with Crippen molar-refractivity contribution >= 4 is 11.8 Å². The van der Waals surface area contributed by atoms with Crippen molar-refractivity contribution in [1.29, 1.82) is 0 Å².